The van der Waals surface area contributed by atoms with E-state index >= 15 is 0 Å². The van der Waals surface area contributed by atoms with Crippen molar-refractivity contribution in [1.29, 1.82) is 0 Å². The second kappa shape index (κ2) is 7.51. The van der Waals surface area contributed by atoms with Gasteiger partial charge in [-0.05, 0) is 32.6 Å². The normalized spacial score (nSPS) is 26.7. The van der Waals surface area contributed by atoms with Crippen LogP contribution in [0.3, 0.4) is 0 Å². The molecule has 6 nitrogen and oxygen atoms in total. The first-order valence-electron chi connectivity index (χ1n) is 9.13. The molecule has 0 aromatic heterocycles. The standard InChI is InChI=1S/C17H29N3O3/c1-2-23-17(22)20-10-7-15(13-20)18-8-4-9-19(12-11-18)16(21)14-5-3-6-14/h14-15H,2-13H2,1H3. The largest absolute Gasteiger partial charge is 0.450 e. The van der Waals surface area contributed by atoms with Gasteiger partial charge in [0.05, 0.1) is 6.61 Å². The van der Waals surface area contributed by atoms with Crippen LogP contribution in [-0.2, 0) is 9.53 Å². The highest BCUT2D eigenvalue weighted by Gasteiger charge is 2.34. The summed E-state index contributed by atoms with van der Waals surface area (Å²) in [5, 5.41) is 0. The molecule has 0 spiro atoms. The van der Waals surface area contributed by atoms with Crippen molar-refractivity contribution >= 4 is 12.0 Å². The van der Waals surface area contributed by atoms with E-state index in [0.29, 0.717) is 24.5 Å². The Bertz CT molecular complexity index is 439. The number of carbonyl (C=O) groups is 2. The molecule has 0 N–H and O–H groups in total. The SMILES string of the molecule is CCOC(=O)N1CCC(N2CCCN(C(=O)C3CCC3)CC2)C1. The molecule has 3 rings (SSSR count). The van der Waals surface area contributed by atoms with Crippen LogP contribution in [0.25, 0.3) is 0 Å². The highest BCUT2D eigenvalue weighted by molar-refractivity contribution is 5.79. The van der Waals surface area contributed by atoms with Gasteiger partial charge < -0.3 is 14.5 Å². The zero-order valence-corrected chi connectivity index (χ0v) is 14.2. The lowest BCUT2D eigenvalue weighted by atomic mass is 9.84. The Balaban J connectivity index is 1.48. The zero-order chi connectivity index (χ0) is 16.2. The Labute approximate surface area is 138 Å². The van der Waals surface area contributed by atoms with E-state index in [-0.39, 0.29) is 6.09 Å². The molecule has 2 saturated heterocycles. The summed E-state index contributed by atoms with van der Waals surface area (Å²) < 4.78 is 5.10. The summed E-state index contributed by atoms with van der Waals surface area (Å²) >= 11 is 0. The molecule has 1 unspecified atom stereocenters. The van der Waals surface area contributed by atoms with E-state index in [0.717, 1.165) is 65.0 Å². The maximum Gasteiger partial charge on any atom is 0.409 e. The monoisotopic (exact) mass is 323 g/mol. The lowest BCUT2D eigenvalue weighted by molar-refractivity contribution is -0.138. The topological polar surface area (TPSA) is 53.1 Å². The Morgan fingerprint density at radius 3 is 2.48 bits per heavy atom. The third kappa shape index (κ3) is 3.79. The van der Waals surface area contributed by atoms with Gasteiger partial charge in [0.1, 0.15) is 0 Å². The summed E-state index contributed by atoms with van der Waals surface area (Å²) in [7, 11) is 0. The van der Waals surface area contributed by atoms with Gasteiger partial charge in [-0.3, -0.25) is 9.69 Å². The van der Waals surface area contributed by atoms with Crippen molar-refractivity contribution in [2.24, 2.45) is 5.92 Å². The second-order valence-corrected chi connectivity index (χ2v) is 6.93. The smallest absolute Gasteiger partial charge is 0.409 e. The molecular formula is C17H29N3O3. The van der Waals surface area contributed by atoms with Crippen molar-refractivity contribution in [3.8, 4) is 0 Å². The van der Waals surface area contributed by atoms with Gasteiger partial charge in [-0.25, -0.2) is 4.79 Å². The number of carbonyl (C=O) groups excluding carboxylic acids is 2. The number of hydrogen-bond acceptors (Lipinski definition) is 4. The molecule has 2 heterocycles. The second-order valence-electron chi connectivity index (χ2n) is 6.93. The quantitative estimate of drug-likeness (QED) is 0.791. The molecule has 1 aliphatic carbocycles. The molecule has 0 radical (unpaired) electrons. The summed E-state index contributed by atoms with van der Waals surface area (Å²) in [6, 6.07) is 0.415. The van der Waals surface area contributed by atoms with Crippen LogP contribution in [0.15, 0.2) is 0 Å². The van der Waals surface area contributed by atoms with Crippen molar-refractivity contribution < 1.29 is 14.3 Å². The molecule has 23 heavy (non-hydrogen) atoms. The van der Waals surface area contributed by atoms with Crippen LogP contribution >= 0.6 is 0 Å². The Morgan fingerprint density at radius 1 is 0.957 bits per heavy atom. The van der Waals surface area contributed by atoms with Crippen LogP contribution in [0.2, 0.25) is 0 Å². The van der Waals surface area contributed by atoms with Gasteiger partial charge in [0.25, 0.3) is 0 Å². The van der Waals surface area contributed by atoms with Crippen molar-refractivity contribution in [3.63, 3.8) is 0 Å². The lowest BCUT2D eigenvalue weighted by Crippen LogP contribution is -2.43. The third-order valence-electron chi connectivity index (χ3n) is 5.50. The maximum absolute atomic E-state index is 12.4. The Morgan fingerprint density at radius 2 is 1.78 bits per heavy atom. The van der Waals surface area contributed by atoms with Crippen molar-refractivity contribution in [3.05, 3.63) is 0 Å². The van der Waals surface area contributed by atoms with E-state index in [1.807, 2.05) is 11.8 Å². The summed E-state index contributed by atoms with van der Waals surface area (Å²) in [5.41, 5.74) is 0. The average molecular weight is 323 g/mol. The Kier molecular flexibility index (Phi) is 5.41. The van der Waals surface area contributed by atoms with Crippen LogP contribution in [-0.4, -0.2) is 78.6 Å². The molecule has 1 atom stereocenters. The number of hydrogen-bond donors (Lipinski definition) is 0. The first-order chi connectivity index (χ1) is 11.2. The van der Waals surface area contributed by atoms with Crippen LogP contribution in [0, 0.1) is 5.92 Å². The predicted octanol–water partition coefficient (Wildman–Crippen LogP) is 1.55. The molecule has 6 heteroatoms. The van der Waals surface area contributed by atoms with Crippen molar-refractivity contribution in [2.45, 2.75) is 45.1 Å². The fourth-order valence-corrected chi connectivity index (χ4v) is 3.86. The first-order valence-corrected chi connectivity index (χ1v) is 9.13. The molecule has 0 aromatic rings. The molecule has 3 fully saturated rings. The van der Waals surface area contributed by atoms with Crippen molar-refractivity contribution in [2.75, 3.05) is 45.9 Å². The van der Waals surface area contributed by atoms with E-state index in [1.165, 1.54) is 6.42 Å². The van der Waals surface area contributed by atoms with E-state index in [2.05, 4.69) is 9.80 Å². The van der Waals surface area contributed by atoms with Gasteiger partial charge in [-0.2, -0.15) is 0 Å². The fourth-order valence-electron chi connectivity index (χ4n) is 3.86. The highest BCUT2D eigenvalue weighted by atomic mass is 16.6. The van der Waals surface area contributed by atoms with E-state index < -0.39 is 0 Å². The number of likely N-dealkylation sites (tertiary alicyclic amines) is 1. The minimum atomic E-state index is -0.188. The molecule has 1 saturated carbocycles. The minimum Gasteiger partial charge on any atom is -0.450 e. The number of nitrogens with zero attached hydrogens (tertiary/aromatic N) is 3. The maximum atomic E-state index is 12.4. The summed E-state index contributed by atoms with van der Waals surface area (Å²) in [4.78, 5) is 30.6. The zero-order valence-electron chi connectivity index (χ0n) is 14.2. The van der Waals surface area contributed by atoms with Gasteiger partial charge in [0.15, 0.2) is 0 Å². The number of rotatable bonds is 3. The molecule has 0 bridgehead atoms. The molecule has 130 valence electrons. The predicted molar refractivity (Wildman–Crippen MR) is 87.1 cm³/mol. The fraction of sp³-hybridized carbons (Fsp3) is 0.882. The lowest BCUT2D eigenvalue weighted by Gasteiger charge is -2.31. The van der Waals surface area contributed by atoms with E-state index in [1.54, 1.807) is 0 Å². The molecule has 0 aromatic carbocycles. The summed E-state index contributed by atoms with van der Waals surface area (Å²) in [6.45, 7) is 7.50. The Hall–Kier alpha value is -1.30. The van der Waals surface area contributed by atoms with Gasteiger partial charge in [-0.1, -0.05) is 6.42 Å². The van der Waals surface area contributed by atoms with Crippen molar-refractivity contribution in [1.82, 2.24) is 14.7 Å². The average Bonchev–Trinajstić information content (AvgIpc) is 2.84. The van der Waals surface area contributed by atoms with E-state index in [4.69, 9.17) is 4.74 Å². The van der Waals surface area contributed by atoms with Gasteiger partial charge in [0, 0.05) is 51.2 Å². The summed E-state index contributed by atoms with van der Waals surface area (Å²) in [6.07, 6.45) is 5.23. The van der Waals surface area contributed by atoms with Gasteiger partial charge in [0.2, 0.25) is 5.91 Å². The minimum absolute atomic E-state index is 0.188. The molecule has 2 amide bonds. The number of ether oxygens (including phenoxy) is 1. The van der Waals surface area contributed by atoms with E-state index in [9.17, 15) is 9.59 Å². The summed E-state index contributed by atoms with van der Waals surface area (Å²) in [5.74, 6) is 0.671. The highest BCUT2D eigenvalue weighted by Crippen LogP contribution is 2.29. The third-order valence-corrected chi connectivity index (χ3v) is 5.50. The number of amides is 2. The van der Waals surface area contributed by atoms with Gasteiger partial charge >= 0.3 is 6.09 Å². The van der Waals surface area contributed by atoms with Crippen LogP contribution in [0.4, 0.5) is 4.79 Å². The molecule has 2 aliphatic heterocycles. The molecular weight excluding hydrogens is 294 g/mol. The van der Waals surface area contributed by atoms with Crippen LogP contribution < -0.4 is 0 Å². The van der Waals surface area contributed by atoms with Gasteiger partial charge in [-0.15, -0.1) is 0 Å². The molecule has 3 aliphatic rings. The van der Waals surface area contributed by atoms with Crippen LogP contribution in [0.5, 0.6) is 0 Å². The van der Waals surface area contributed by atoms with Crippen LogP contribution in [0.1, 0.15) is 39.0 Å². The first kappa shape index (κ1) is 16.6.